The Bertz CT molecular complexity index is 964. The van der Waals surface area contributed by atoms with Gasteiger partial charge in [-0.25, -0.2) is 9.97 Å². The smallest absolute Gasteiger partial charge is 0.223 e. The molecule has 2 saturated heterocycles. The molecule has 2 aliphatic rings. The van der Waals surface area contributed by atoms with Gasteiger partial charge in [-0.3, -0.25) is 4.90 Å². The Morgan fingerprint density at radius 1 is 1.21 bits per heavy atom. The summed E-state index contributed by atoms with van der Waals surface area (Å²) in [6, 6.07) is 9.22. The van der Waals surface area contributed by atoms with Crippen LogP contribution in [0.1, 0.15) is 19.3 Å². The van der Waals surface area contributed by atoms with E-state index in [0.29, 0.717) is 23.1 Å². The van der Waals surface area contributed by atoms with E-state index in [4.69, 9.17) is 16.6 Å². The van der Waals surface area contributed by atoms with E-state index in [1.165, 1.54) is 12.8 Å². The fourth-order valence-electron chi connectivity index (χ4n) is 4.46. The lowest BCUT2D eigenvalue weighted by atomic mass is 10.1. The second-order valence-corrected chi connectivity index (χ2v) is 8.17. The monoisotopic (exact) mass is 396 g/mol. The second-order valence-electron chi connectivity index (χ2n) is 7.76. The topological polar surface area (TPSA) is 68.9 Å². The zero-order valence-corrected chi connectivity index (χ0v) is 16.5. The molecule has 0 bridgehead atoms. The van der Waals surface area contributed by atoms with Crippen molar-refractivity contribution < 1.29 is 0 Å². The van der Waals surface area contributed by atoms with E-state index < -0.39 is 0 Å². The summed E-state index contributed by atoms with van der Waals surface area (Å²) in [5.41, 5.74) is 2.85. The highest BCUT2D eigenvalue weighted by atomic mass is 35.5. The fourth-order valence-corrected chi connectivity index (χ4v) is 4.65. The first-order chi connectivity index (χ1) is 13.8. The molecule has 2 fully saturated rings. The third kappa shape index (κ3) is 3.48. The minimum Gasteiger partial charge on any atom is -0.360 e. The number of nitrogens with one attached hydrogen (secondary N) is 3. The number of aromatic nitrogens is 3. The predicted molar refractivity (Wildman–Crippen MR) is 114 cm³/mol. The first-order valence-electron chi connectivity index (χ1n) is 10.1. The average molecular weight is 397 g/mol. The third-order valence-electron chi connectivity index (χ3n) is 5.93. The molecule has 2 atom stereocenters. The molecular formula is C21H25ClN6. The molecule has 7 heteroatoms. The molecule has 2 unspecified atom stereocenters. The third-order valence-corrected chi connectivity index (χ3v) is 6.21. The van der Waals surface area contributed by atoms with Gasteiger partial charge in [0.2, 0.25) is 5.95 Å². The second kappa shape index (κ2) is 7.70. The minimum absolute atomic E-state index is 0.374. The summed E-state index contributed by atoms with van der Waals surface area (Å²) in [5, 5.41) is 8.73. The molecule has 6 nitrogen and oxygen atoms in total. The van der Waals surface area contributed by atoms with Crippen LogP contribution < -0.4 is 10.6 Å². The molecule has 2 aliphatic heterocycles. The van der Waals surface area contributed by atoms with Crippen molar-refractivity contribution >= 4 is 28.5 Å². The van der Waals surface area contributed by atoms with E-state index in [-0.39, 0.29) is 0 Å². The van der Waals surface area contributed by atoms with E-state index in [1.807, 2.05) is 18.3 Å². The minimum atomic E-state index is 0.374. The van der Waals surface area contributed by atoms with Crippen molar-refractivity contribution in [2.24, 2.45) is 0 Å². The number of fused-ring (bicyclic) bond motifs is 1. The van der Waals surface area contributed by atoms with Gasteiger partial charge < -0.3 is 15.6 Å². The number of hydrogen-bond donors (Lipinski definition) is 3. The SMILES string of the molecule is Clc1cnc(NC2CCN(C3CCCNC3)C2)nc1-c1c[nH]c2ccccc12. The number of halogens is 1. The number of piperidine rings is 1. The number of likely N-dealkylation sites (tertiary alicyclic amines) is 1. The van der Waals surface area contributed by atoms with Crippen molar-refractivity contribution in [3.8, 4) is 11.3 Å². The number of para-hydroxylation sites is 1. The van der Waals surface area contributed by atoms with E-state index in [9.17, 15) is 0 Å². The summed E-state index contributed by atoms with van der Waals surface area (Å²) in [7, 11) is 0. The molecule has 0 radical (unpaired) electrons. The molecule has 5 rings (SSSR count). The first kappa shape index (κ1) is 17.9. The molecule has 0 aliphatic carbocycles. The molecule has 0 saturated carbocycles. The van der Waals surface area contributed by atoms with E-state index in [1.54, 1.807) is 6.20 Å². The lowest BCUT2D eigenvalue weighted by molar-refractivity contribution is 0.201. The Morgan fingerprint density at radius 2 is 2.14 bits per heavy atom. The lowest BCUT2D eigenvalue weighted by Gasteiger charge is -2.31. The molecule has 28 heavy (non-hydrogen) atoms. The number of aromatic amines is 1. The normalized spacial score (nSPS) is 23.3. The maximum Gasteiger partial charge on any atom is 0.223 e. The van der Waals surface area contributed by atoms with Crippen LogP contribution in [0.25, 0.3) is 22.2 Å². The fraction of sp³-hybridized carbons (Fsp3) is 0.429. The van der Waals surface area contributed by atoms with Gasteiger partial charge >= 0.3 is 0 Å². The molecule has 0 amide bonds. The van der Waals surface area contributed by atoms with Crippen LogP contribution in [0, 0.1) is 0 Å². The van der Waals surface area contributed by atoms with Crippen molar-refractivity contribution in [2.75, 3.05) is 31.5 Å². The van der Waals surface area contributed by atoms with Gasteiger partial charge in [-0.1, -0.05) is 29.8 Å². The number of anilines is 1. The highest BCUT2D eigenvalue weighted by Crippen LogP contribution is 2.32. The number of H-pyrrole nitrogens is 1. The number of rotatable bonds is 4. The summed E-state index contributed by atoms with van der Waals surface area (Å²) in [5.74, 6) is 0.651. The van der Waals surface area contributed by atoms with E-state index in [0.717, 1.165) is 54.8 Å². The van der Waals surface area contributed by atoms with E-state index in [2.05, 4.69) is 37.6 Å². The van der Waals surface area contributed by atoms with Gasteiger partial charge in [0.1, 0.15) is 0 Å². The van der Waals surface area contributed by atoms with Crippen molar-refractivity contribution in [1.29, 1.82) is 0 Å². The first-order valence-corrected chi connectivity index (χ1v) is 10.5. The highest BCUT2D eigenvalue weighted by molar-refractivity contribution is 6.33. The standard InChI is InChI=1S/C21H25ClN6/c22-18-12-25-21(26-14-7-9-28(13-14)15-4-3-8-23-10-15)27-20(18)17-11-24-19-6-2-1-5-16(17)19/h1-2,5-6,11-12,14-15,23-24H,3-4,7-10,13H2,(H,25,26,27). The predicted octanol–water partition coefficient (Wildman–Crippen LogP) is 3.52. The zero-order valence-electron chi connectivity index (χ0n) is 15.8. The molecule has 146 valence electrons. The molecule has 2 aromatic heterocycles. The maximum absolute atomic E-state index is 6.45. The molecule has 1 aromatic carbocycles. The summed E-state index contributed by atoms with van der Waals surface area (Å²) >= 11 is 6.45. The van der Waals surface area contributed by atoms with E-state index >= 15 is 0 Å². The largest absolute Gasteiger partial charge is 0.360 e. The van der Waals surface area contributed by atoms with Crippen LogP contribution in [0.2, 0.25) is 5.02 Å². The summed E-state index contributed by atoms with van der Waals surface area (Å²) in [4.78, 5) is 15.1. The zero-order chi connectivity index (χ0) is 18.9. The molecule has 0 spiro atoms. The number of nitrogens with zero attached hydrogens (tertiary/aromatic N) is 3. The Kier molecular flexibility index (Phi) is 4.93. The van der Waals surface area contributed by atoms with Crippen molar-refractivity contribution in [3.05, 3.63) is 41.7 Å². The van der Waals surface area contributed by atoms with Crippen molar-refractivity contribution in [3.63, 3.8) is 0 Å². The average Bonchev–Trinajstić information content (AvgIpc) is 3.37. The Labute approximate surface area is 169 Å². The Morgan fingerprint density at radius 3 is 3.04 bits per heavy atom. The van der Waals surface area contributed by atoms with Crippen LogP contribution >= 0.6 is 11.6 Å². The van der Waals surface area contributed by atoms with Gasteiger partial charge in [0.05, 0.1) is 16.9 Å². The van der Waals surface area contributed by atoms with Crippen LogP contribution in [0.4, 0.5) is 5.95 Å². The van der Waals surface area contributed by atoms with Gasteiger partial charge in [-0.15, -0.1) is 0 Å². The lowest BCUT2D eigenvalue weighted by Crippen LogP contribution is -2.45. The van der Waals surface area contributed by atoms with Gasteiger partial charge in [0.25, 0.3) is 0 Å². The highest BCUT2D eigenvalue weighted by Gasteiger charge is 2.29. The Balaban J connectivity index is 1.34. The van der Waals surface area contributed by atoms with Crippen LogP contribution in [-0.2, 0) is 0 Å². The molecule has 4 heterocycles. The van der Waals surface area contributed by atoms with Gasteiger partial charge in [-0.05, 0) is 31.9 Å². The van der Waals surface area contributed by atoms with Crippen molar-refractivity contribution in [2.45, 2.75) is 31.3 Å². The number of hydrogen-bond acceptors (Lipinski definition) is 5. The number of benzene rings is 1. The maximum atomic E-state index is 6.45. The van der Waals surface area contributed by atoms with Crippen LogP contribution in [0.5, 0.6) is 0 Å². The van der Waals surface area contributed by atoms with Crippen LogP contribution in [0.3, 0.4) is 0 Å². The van der Waals surface area contributed by atoms with Crippen molar-refractivity contribution in [1.82, 2.24) is 25.2 Å². The Hall–Kier alpha value is -2.15. The molecular weight excluding hydrogens is 372 g/mol. The quantitative estimate of drug-likeness (QED) is 0.629. The van der Waals surface area contributed by atoms with Crippen LogP contribution in [0.15, 0.2) is 36.7 Å². The summed E-state index contributed by atoms with van der Waals surface area (Å²) in [6.45, 7) is 4.43. The summed E-state index contributed by atoms with van der Waals surface area (Å²) in [6.07, 6.45) is 7.35. The van der Waals surface area contributed by atoms with Crippen LogP contribution in [-0.4, -0.2) is 58.1 Å². The van der Waals surface area contributed by atoms with Gasteiger partial charge in [0.15, 0.2) is 0 Å². The summed E-state index contributed by atoms with van der Waals surface area (Å²) < 4.78 is 0. The molecule has 3 N–H and O–H groups in total. The van der Waals surface area contributed by atoms with Gasteiger partial charge in [-0.2, -0.15) is 0 Å². The van der Waals surface area contributed by atoms with Gasteiger partial charge in [0, 0.05) is 54.4 Å². The molecule has 3 aromatic rings.